The highest BCUT2D eigenvalue weighted by Gasteiger charge is 2.17. The molecule has 0 N–H and O–H groups in total. The van der Waals surface area contributed by atoms with Gasteiger partial charge in [0.25, 0.3) is 0 Å². The molecule has 4 atom stereocenters. The molecular formula is C14H30S2. The summed E-state index contributed by atoms with van der Waals surface area (Å²) in [4.78, 5) is 0. The van der Waals surface area contributed by atoms with Crippen molar-refractivity contribution >= 4 is 21.6 Å². The van der Waals surface area contributed by atoms with Crippen LogP contribution in [0, 0.1) is 11.8 Å². The second-order valence-electron chi connectivity index (χ2n) is 5.13. The third kappa shape index (κ3) is 7.11. The zero-order valence-corrected chi connectivity index (χ0v) is 13.6. The molecule has 0 spiro atoms. The van der Waals surface area contributed by atoms with Gasteiger partial charge in [-0.2, -0.15) is 0 Å². The molecule has 0 aliphatic carbocycles. The highest BCUT2D eigenvalue weighted by atomic mass is 33.1. The van der Waals surface area contributed by atoms with Crippen molar-refractivity contribution < 1.29 is 0 Å². The lowest BCUT2D eigenvalue weighted by Gasteiger charge is -2.23. The Kier molecular flexibility index (Phi) is 10.1. The van der Waals surface area contributed by atoms with E-state index < -0.39 is 0 Å². The summed E-state index contributed by atoms with van der Waals surface area (Å²) in [6, 6.07) is 0. The average molecular weight is 263 g/mol. The average Bonchev–Trinajstić information content (AvgIpc) is 2.25. The van der Waals surface area contributed by atoms with Gasteiger partial charge in [0.05, 0.1) is 0 Å². The molecule has 2 heteroatoms. The smallest absolute Gasteiger partial charge is 0.0148 e. The van der Waals surface area contributed by atoms with E-state index in [0.717, 1.165) is 22.3 Å². The molecular weight excluding hydrogens is 232 g/mol. The van der Waals surface area contributed by atoms with Gasteiger partial charge in [0.2, 0.25) is 0 Å². The van der Waals surface area contributed by atoms with Gasteiger partial charge < -0.3 is 0 Å². The van der Waals surface area contributed by atoms with E-state index in [9.17, 15) is 0 Å². The fraction of sp³-hybridized carbons (Fsp3) is 1.00. The molecule has 16 heavy (non-hydrogen) atoms. The zero-order chi connectivity index (χ0) is 12.6. The minimum atomic E-state index is 0.793. The summed E-state index contributed by atoms with van der Waals surface area (Å²) in [5.74, 6) is 1.72. The quantitative estimate of drug-likeness (QED) is 0.466. The van der Waals surface area contributed by atoms with Crippen LogP contribution < -0.4 is 0 Å². The normalized spacial score (nSPS) is 19.1. The van der Waals surface area contributed by atoms with E-state index >= 15 is 0 Å². The van der Waals surface area contributed by atoms with Crippen LogP contribution in [0.1, 0.15) is 67.2 Å². The first-order valence-electron chi connectivity index (χ1n) is 6.84. The van der Waals surface area contributed by atoms with E-state index in [2.05, 4.69) is 63.1 Å². The highest BCUT2D eigenvalue weighted by Crippen LogP contribution is 2.38. The van der Waals surface area contributed by atoms with Crippen molar-refractivity contribution in [2.75, 3.05) is 0 Å². The Morgan fingerprint density at radius 1 is 0.688 bits per heavy atom. The maximum absolute atomic E-state index is 2.39. The molecule has 98 valence electrons. The zero-order valence-electron chi connectivity index (χ0n) is 12.0. The van der Waals surface area contributed by atoms with Crippen molar-refractivity contribution in [2.24, 2.45) is 11.8 Å². The summed E-state index contributed by atoms with van der Waals surface area (Å²) in [6.07, 6.45) is 5.37. The van der Waals surface area contributed by atoms with E-state index in [-0.39, 0.29) is 0 Å². The number of hydrogen-bond donors (Lipinski definition) is 0. The van der Waals surface area contributed by atoms with Crippen LogP contribution in [-0.4, -0.2) is 10.5 Å². The van der Waals surface area contributed by atoms with Crippen molar-refractivity contribution in [3.05, 3.63) is 0 Å². The van der Waals surface area contributed by atoms with E-state index in [1.54, 1.807) is 0 Å². The van der Waals surface area contributed by atoms with Gasteiger partial charge in [0, 0.05) is 10.5 Å². The molecule has 0 aliphatic rings. The topological polar surface area (TPSA) is 0 Å². The van der Waals surface area contributed by atoms with Crippen LogP contribution in [0.25, 0.3) is 0 Å². The summed E-state index contributed by atoms with van der Waals surface area (Å²) in [6.45, 7) is 14.1. The Hall–Kier alpha value is 0.700. The van der Waals surface area contributed by atoms with Crippen molar-refractivity contribution in [1.29, 1.82) is 0 Å². The van der Waals surface area contributed by atoms with Gasteiger partial charge in [-0.05, 0) is 24.7 Å². The molecule has 0 saturated heterocycles. The monoisotopic (exact) mass is 262 g/mol. The molecule has 0 rings (SSSR count). The molecule has 0 aliphatic heterocycles. The Balaban J connectivity index is 3.77. The fourth-order valence-corrected chi connectivity index (χ4v) is 4.94. The third-order valence-corrected chi connectivity index (χ3v) is 7.25. The van der Waals surface area contributed by atoms with E-state index in [1.165, 1.54) is 25.7 Å². The van der Waals surface area contributed by atoms with Crippen LogP contribution in [0.3, 0.4) is 0 Å². The maximum atomic E-state index is 2.39. The van der Waals surface area contributed by atoms with Gasteiger partial charge in [0.1, 0.15) is 0 Å². The molecule has 0 fully saturated rings. The Morgan fingerprint density at radius 3 is 1.25 bits per heavy atom. The molecule has 0 aromatic rings. The van der Waals surface area contributed by atoms with Gasteiger partial charge in [-0.15, -0.1) is 0 Å². The Morgan fingerprint density at radius 2 is 1.00 bits per heavy atom. The predicted octanol–water partition coefficient (Wildman–Crippen LogP) is 6.02. The third-order valence-electron chi connectivity index (χ3n) is 3.45. The molecule has 0 aromatic heterocycles. The summed E-state index contributed by atoms with van der Waals surface area (Å²) in [5, 5.41) is 1.59. The molecule has 0 heterocycles. The molecule has 0 bridgehead atoms. The predicted molar refractivity (Wildman–Crippen MR) is 82.3 cm³/mol. The van der Waals surface area contributed by atoms with Crippen molar-refractivity contribution in [3.63, 3.8) is 0 Å². The van der Waals surface area contributed by atoms with Crippen LogP contribution in [-0.2, 0) is 0 Å². The summed E-state index contributed by atoms with van der Waals surface area (Å²) in [5.41, 5.74) is 0. The lowest BCUT2D eigenvalue weighted by Crippen LogP contribution is -2.12. The standard InChI is InChI=1S/C14H30S2/c1-7-9-11(3)13(5)15-16-14(6)12(4)10-8-2/h11-14H,7-10H2,1-6H3. The maximum Gasteiger partial charge on any atom is 0.0148 e. The summed E-state index contributed by atoms with van der Waals surface area (Å²) < 4.78 is 0. The van der Waals surface area contributed by atoms with E-state index in [0.29, 0.717) is 0 Å². The largest absolute Gasteiger partial charge is 0.0905 e. The molecule has 0 saturated carbocycles. The second-order valence-corrected chi connectivity index (χ2v) is 8.16. The van der Waals surface area contributed by atoms with Crippen molar-refractivity contribution in [1.82, 2.24) is 0 Å². The minimum Gasteiger partial charge on any atom is -0.0905 e. The number of rotatable bonds is 9. The van der Waals surface area contributed by atoms with Gasteiger partial charge in [-0.25, -0.2) is 0 Å². The SMILES string of the molecule is CCCC(C)C(C)SSC(C)C(C)CCC. The van der Waals surface area contributed by atoms with Crippen LogP contribution in [0.2, 0.25) is 0 Å². The molecule has 0 amide bonds. The van der Waals surface area contributed by atoms with Gasteiger partial charge in [-0.1, -0.05) is 76.0 Å². The molecule has 0 radical (unpaired) electrons. The number of hydrogen-bond acceptors (Lipinski definition) is 2. The Labute approximate surface area is 111 Å². The minimum absolute atomic E-state index is 0.793. The first-order valence-corrected chi connectivity index (χ1v) is 9.12. The lowest BCUT2D eigenvalue weighted by atomic mass is 10.0. The second kappa shape index (κ2) is 9.70. The first kappa shape index (κ1) is 16.7. The summed E-state index contributed by atoms with van der Waals surface area (Å²) in [7, 11) is 4.21. The lowest BCUT2D eigenvalue weighted by molar-refractivity contribution is 0.519. The van der Waals surface area contributed by atoms with Crippen molar-refractivity contribution in [2.45, 2.75) is 77.7 Å². The molecule has 0 nitrogen and oxygen atoms in total. The first-order chi connectivity index (χ1) is 7.52. The van der Waals surface area contributed by atoms with Crippen LogP contribution in [0.5, 0.6) is 0 Å². The van der Waals surface area contributed by atoms with E-state index in [4.69, 9.17) is 0 Å². The van der Waals surface area contributed by atoms with Crippen LogP contribution in [0.15, 0.2) is 0 Å². The van der Waals surface area contributed by atoms with E-state index in [1.807, 2.05) is 0 Å². The van der Waals surface area contributed by atoms with Gasteiger partial charge >= 0.3 is 0 Å². The summed E-state index contributed by atoms with van der Waals surface area (Å²) >= 11 is 0. The molecule has 4 unspecified atom stereocenters. The van der Waals surface area contributed by atoms with Gasteiger partial charge in [-0.3, -0.25) is 0 Å². The van der Waals surface area contributed by atoms with Crippen molar-refractivity contribution in [3.8, 4) is 0 Å². The molecule has 0 aromatic carbocycles. The fourth-order valence-electron chi connectivity index (χ4n) is 1.75. The Bertz CT molecular complexity index is 141. The van der Waals surface area contributed by atoms with Gasteiger partial charge in [0.15, 0.2) is 0 Å². The van der Waals surface area contributed by atoms with Crippen LogP contribution >= 0.6 is 21.6 Å². The van der Waals surface area contributed by atoms with Crippen LogP contribution in [0.4, 0.5) is 0 Å². The highest BCUT2D eigenvalue weighted by molar-refractivity contribution is 8.77.